The molecule has 1 atom stereocenters. The van der Waals surface area contributed by atoms with Crippen LogP contribution in [0, 0.1) is 0 Å². The minimum absolute atomic E-state index is 0.120. The molecule has 2 fully saturated rings. The molecule has 25 heavy (non-hydrogen) atoms. The molecule has 3 aliphatic rings. The largest absolute Gasteiger partial charge is 0.486 e. The van der Waals surface area contributed by atoms with Crippen molar-refractivity contribution >= 4 is 11.9 Å². The number of hydrogen-bond donors (Lipinski definition) is 1. The first-order valence-corrected chi connectivity index (χ1v) is 9.02. The number of ether oxygens (including phenoxy) is 1. The van der Waals surface area contributed by atoms with E-state index in [0.29, 0.717) is 13.1 Å². The van der Waals surface area contributed by atoms with Crippen molar-refractivity contribution in [1.82, 2.24) is 15.1 Å². The van der Waals surface area contributed by atoms with Crippen LogP contribution in [0.25, 0.3) is 0 Å². The maximum atomic E-state index is 12.3. The minimum Gasteiger partial charge on any atom is -0.486 e. The average Bonchev–Trinajstić information content (AvgIpc) is 3.04. The number of aryl methyl sites for hydroxylation is 1. The Morgan fingerprint density at radius 2 is 1.96 bits per heavy atom. The van der Waals surface area contributed by atoms with Crippen LogP contribution in [0.2, 0.25) is 0 Å². The van der Waals surface area contributed by atoms with Crippen LogP contribution in [0.15, 0.2) is 24.3 Å². The van der Waals surface area contributed by atoms with Gasteiger partial charge in [0.05, 0.1) is 0 Å². The monoisotopic (exact) mass is 343 g/mol. The fourth-order valence-corrected chi connectivity index (χ4v) is 4.12. The third-order valence-electron chi connectivity index (χ3n) is 5.63. The number of amides is 3. The average molecular weight is 343 g/mol. The maximum absolute atomic E-state index is 12.3. The van der Waals surface area contributed by atoms with E-state index in [9.17, 15) is 9.59 Å². The second-order valence-corrected chi connectivity index (χ2v) is 7.93. The van der Waals surface area contributed by atoms with Gasteiger partial charge in [-0.1, -0.05) is 18.2 Å². The SMILES string of the molecule is CC1(C)NC(=O)N(CCN2CCC3(CCc4ccccc4O3)C2)C1=O. The van der Waals surface area contributed by atoms with E-state index in [2.05, 4.69) is 22.3 Å². The van der Waals surface area contributed by atoms with E-state index in [1.807, 2.05) is 12.1 Å². The molecule has 0 bridgehead atoms. The van der Waals surface area contributed by atoms with Crippen LogP contribution >= 0.6 is 0 Å². The second kappa shape index (κ2) is 5.73. The quantitative estimate of drug-likeness (QED) is 0.850. The molecule has 0 saturated carbocycles. The van der Waals surface area contributed by atoms with Gasteiger partial charge in [-0.25, -0.2) is 4.79 Å². The summed E-state index contributed by atoms with van der Waals surface area (Å²) in [6, 6.07) is 7.97. The zero-order valence-electron chi connectivity index (χ0n) is 14.9. The lowest BCUT2D eigenvalue weighted by molar-refractivity contribution is -0.130. The molecule has 1 N–H and O–H groups in total. The number of imide groups is 1. The predicted octanol–water partition coefficient (Wildman–Crippen LogP) is 1.79. The number of rotatable bonds is 3. The standard InChI is InChI=1S/C19H25N3O3/c1-18(2)16(23)22(17(24)20-18)12-11-21-10-9-19(13-21)8-7-14-5-3-4-6-15(14)25-19/h3-6H,7-13H2,1-2H3,(H,20,24). The molecule has 0 radical (unpaired) electrons. The summed E-state index contributed by atoms with van der Waals surface area (Å²) in [5, 5.41) is 2.73. The molecule has 2 saturated heterocycles. The number of nitrogens with zero attached hydrogens (tertiary/aromatic N) is 2. The molecule has 1 aromatic carbocycles. The summed E-state index contributed by atoms with van der Waals surface area (Å²) in [6.07, 6.45) is 3.06. The van der Waals surface area contributed by atoms with Crippen molar-refractivity contribution in [2.24, 2.45) is 0 Å². The number of para-hydroxylation sites is 1. The summed E-state index contributed by atoms with van der Waals surface area (Å²) in [7, 11) is 0. The van der Waals surface area contributed by atoms with Crippen molar-refractivity contribution in [1.29, 1.82) is 0 Å². The third-order valence-corrected chi connectivity index (χ3v) is 5.63. The maximum Gasteiger partial charge on any atom is 0.325 e. The number of likely N-dealkylation sites (tertiary alicyclic amines) is 1. The van der Waals surface area contributed by atoms with Gasteiger partial charge in [-0.2, -0.15) is 0 Å². The summed E-state index contributed by atoms with van der Waals surface area (Å²) in [6.45, 7) is 6.41. The van der Waals surface area contributed by atoms with Crippen LogP contribution < -0.4 is 10.1 Å². The number of benzene rings is 1. The molecule has 1 spiro atoms. The number of nitrogens with one attached hydrogen (secondary N) is 1. The summed E-state index contributed by atoms with van der Waals surface area (Å²) in [5.74, 6) is 0.862. The van der Waals surface area contributed by atoms with E-state index in [-0.39, 0.29) is 17.5 Å². The zero-order chi connectivity index (χ0) is 17.7. The van der Waals surface area contributed by atoms with Gasteiger partial charge in [0.1, 0.15) is 16.9 Å². The van der Waals surface area contributed by atoms with Crippen molar-refractivity contribution in [2.75, 3.05) is 26.2 Å². The third kappa shape index (κ3) is 2.88. The highest BCUT2D eigenvalue weighted by molar-refractivity contribution is 6.06. The molecule has 4 rings (SSSR count). The van der Waals surface area contributed by atoms with E-state index in [1.54, 1.807) is 13.8 Å². The first kappa shape index (κ1) is 16.4. The van der Waals surface area contributed by atoms with E-state index in [1.165, 1.54) is 10.5 Å². The fourth-order valence-electron chi connectivity index (χ4n) is 4.12. The van der Waals surface area contributed by atoms with Gasteiger partial charge < -0.3 is 10.1 Å². The van der Waals surface area contributed by atoms with Crippen LogP contribution in [-0.4, -0.2) is 59.1 Å². The molecule has 1 unspecified atom stereocenters. The highest BCUT2D eigenvalue weighted by Crippen LogP contribution is 2.38. The topological polar surface area (TPSA) is 61.9 Å². The van der Waals surface area contributed by atoms with Gasteiger partial charge >= 0.3 is 6.03 Å². The van der Waals surface area contributed by atoms with Gasteiger partial charge in [-0.15, -0.1) is 0 Å². The van der Waals surface area contributed by atoms with Crippen molar-refractivity contribution in [3.05, 3.63) is 29.8 Å². The molecule has 6 heteroatoms. The smallest absolute Gasteiger partial charge is 0.325 e. The van der Waals surface area contributed by atoms with Crippen molar-refractivity contribution < 1.29 is 14.3 Å². The molecule has 0 aliphatic carbocycles. The molecule has 3 amide bonds. The Bertz CT molecular complexity index is 718. The Balaban J connectivity index is 1.36. The van der Waals surface area contributed by atoms with Crippen molar-refractivity contribution in [3.63, 3.8) is 0 Å². The number of fused-ring (bicyclic) bond motifs is 1. The Kier molecular flexibility index (Phi) is 3.76. The van der Waals surface area contributed by atoms with E-state index >= 15 is 0 Å². The highest BCUT2D eigenvalue weighted by Gasteiger charge is 2.45. The van der Waals surface area contributed by atoms with Crippen LogP contribution in [0.3, 0.4) is 0 Å². The molecule has 0 aromatic heterocycles. The fraction of sp³-hybridized carbons (Fsp3) is 0.579. The van der Waals surface area contributed by atoms with Crippen LogP contribution in [-0.2, 0) is 11.2 Å². The first-order valence-electron chi connectivity index (χ1n) is 9.02. The summed E-state index contributed by atoms with van der Waals surface area (Å²) in [4.78, 5) is 27.9. The summed E-state index contributed by atoms with van der Waals surface area (Å²) >= 11 is 0. The Labute approximate surface area is 148 Å². The van der Waals surface area contributed by atoms with Gasteiger partial charge in [0, 0.05) is 32.6 Å². The van der Waals surface area contributed by atoms with Gasteiger partial charge in [0.2, 0.25) is 0 Å². The first-order chi connectivity index (χ1) is 11.9. The van der Waals surface area contributed by atoms with Gasteiger partial charge in [-0.05, 0) is 38.3 Å². The second-order valence-electron chi connectivity index (χ2n) is 7.93. The lowest BCUT2D eigenvalue weighted by Gasteiger charge is -2.35. The van der Waals surface area contributed by atoms with Crippen LogP contribution in [0.5, 0.6) is 5.75 Å². The Morgan fingerprint density at radius 1 is 1.16 bits per heavy atom. The minimum atomic E-state index is -0.792. The molecule has 6 nitrogen and oxygen atoms in total. The zero-order valence-corrected chi connectivity index (χ0v) is 14.9. The van der Waals surface area contributed by atoms with E-state index in [0.717, 1.165) is 38.1 Å². The summed E-state index contributed by atoms with van der Waals surface area (Å²) in [5.41, 5.74) is 0.373. The van der Waals surface area contributed by atoms with Crippen LogP contribution in [0.1, 0.15) is 32.3 Å². The molecule has 3 heterocycles. The van der Waals surface area contributed by atoms with Crippen molar-refractivity contribution in [2.45, 2.75) is 44.2 Å². The molecule has 134 valence electrons. The molecule has 1 aromatic rings. The van der Waals surface area contributed by atoms with Gasteiger partial charge in [0.15, 0.2) is 0 Å². The molecular weight excluding hydrogens is 318 g/mol. The van der Waals surface area contributed by atoms with Gasteiger partial charge in [0.25, 0.3) is 5.91 Å². The summed E-state index contributed by atoms with van der Waals surface area (Å²) < 4.78 is 6.36. The molecular formula is C19H25N3O3. The highest BCUT2D eigenvalue weighted by atomic mass is 16.5. The lowest BCUT2D eigenvalue weighted by atomic mass is 9.90. The van der Waals surface area contributed by atoms with E-state index in [4.69, 9.17) is 4.74 Å². The normalized spacial score (nSPS) is 28.2. The van der Waals surface area contributed by atoms with Crippen molar-refractivity contribution in [3.8, 4) is 5.75 Å². The Hall–Kier alpha value is -2.08. The number of hydrogen-bond acceptors (Lipinski definition) is 4. The number of carbonyl (C=O) groups excluding carboxylic acids is 2. The molecule has 3 aliphatic heterocycles. The van der Waals surface area contributed by atoms with E-state index < -0.39 is 5.54 Å². The number of urea groups is 1. The predicted molar refractivity (Wildman–Crippen MR) is 93.5 cm³/mol. The Morgan fingerprint density at radius 3 is 2.72 bits per heavy atom. The van der Waals surface area contributed by atoms with Gasteiger partial charge in [-0.3, -0.25) is 14.6 Å². The number of carbonyl (C=O) groups is 2. The van der Waals surface area contributed by atoms with Crippen LogP contribution in [0.4, 0.5) is 4.79 Å². The lowest BCUT2D eigenvalue weighted by Crippen LogP contribution is -2.44.